The summed E-state index contributed by atoms with van der Waals surface area (Å²) in [5.74, 6) is 0. The van der Waals surface area contributed by atoms with E-state index in [-0.39, 0.29) is 0 Å². The van der Waals surface area contributed by atoms with Gasteiger partial charge in [0.2, 0.25) is 0 Å². The maximum Gasteiger partial charge on any atom is 0.186 e. The Kier molecular flexibility index (Phi) is 9.91. The summed E-state index contributed by atoms with van der Waals surface area (Å²) in [7, 11) is 3.51. The molecule has 0 amide bonds. The molecule has 0 saturated heterocycles. The highest BCUT2D eigenvalue weighted by Crippen LogP contribution is 1.99. The van der Waals surface area contributed by atoms with E-state index < -0.39 is 0 Å². The summed E-state index contributed by atoms with van der Waals surface area (Å²) >= 11 is 9.85. The van der Waals surface area contributed by atoms with Crippen molar-refractivity contribution in [1.29, 1.82) is 0 Å². The van der Waals surface area contributed by atoms with Gasteiger partial charge in [0.25, 0.3) is 0 Å². The van der Waals surface area contributed by atoms with Crippen molar-refractivity contribution >= 4 is 46.1 Å². The van der Waals surface area contributed by atoms with Crippen LogP contribution in [0.15, 0.2) is 10.2 Å². The predicted octanol–water partition coefficient (Wildman–Crippen LogP) is 1.10. The Labute approximate surface area is 125 Å². The lowest BCUT2D eigenvalue weighted by atomic mass is 10.1. The number of nitrogens with zero attached hydrogens (tertiary/aromatic N) is 2. The van der Waals surface area contributed by atoms with Gasteiger partial charge in [-0.1, -0.05) is 0 Å². The highest BCUT2D eigenvalue weighted by Gasteiger charge is 1.97. The van der Waals surface area contributed by atoms with Gasteiger partial charge in [-0.05, 0) is 57.5 Å². The van der Waals surface area contributed by atoms with Gasteiger partial charge in [0.05, 0.1) is 0 Å². The van der Waals surface area contributed by atoms with Crippen LogP contribution in [0.1, 0.15) is 33.1 Å². The Morgan fingerprint density at radius 2 is 1.21 bits per heavy atom. The standard InChI is InChI=1S/C11H22N6S2/c1-8(14-16-10(18)12-3)6-5-7-9(2)15-17-11(19)13-4/h5-7H2,1-4H3,(H2,12,16,18)(H2,13,17,19)/b14-8-,15-9-. The summed E-state index contributed by atoms with van der Waals surface area (Å²) < 4.78 is 0. The molecule has 0 aromatic carbocycles. The fourth-order valence-electron chi connectivity index (χ4n) is 1.12. The lowest BCUT2D eigenvalue weighted by molar-refractivity contribution is 0.875. The molecule has 0 fully saturated rings. The average Bonchev–Trinajstić information content (AvgIpc) is 2.41. The van der Waals surface area contributed by atoms with Gasteiger partial charge in [0.1, 0.15) is 0 Å². The Morgan fingerprint density at radius 3 is 1.53 bits per heavy atom. The van der Waals surface area contributed by atoms with E-state index in [2.05, 4.69) is 31.7 Å². The molecule has 8 heteroatoms. The third kappa shape index (κ3) is 10.3. The summed E-state index contributed by atoms with van der Waals surface area (Å²) in [6.07, 6.45) is 2.76. The second kappa shape index (κ2) is 10.6. The third-order valence-electron chi connectivity index (χ3n) is 2.23. The fraction of sp³-hybridized carbons (Fsp3) is 0.636. The average molecular weight is 302 g/mol. The highest BCUT2D eigenvalue weighted by molar-refractivity contribution is 7.80. The van der Waals surface area contributed by atoms with Crippen LogP contribution in [0.3, 0.4) is 0 Å². The van der Waals surface area contributed by atoms with E-state index in [1.165, 1.54) is 0 Å². The Morgan fingerprint density at radius 1 is 0.842 bits per heavy atom. The summed E-state index contributed by atoms with van der Waals surface area (Å²) in [5.41, 5.74) is 7.52. The van der Waals surface area contributed by atoms with Crippen LogP contribution in [0.4, 0.5) is 0 Å². The van der Waals surface area contributed by atoms with Crippen molar-refractivity contribution in [3.63, 3.8) is 0 Å². The van der Waals surface area contributed by atoms with Crippen LogP contribution >= 0.6 is 24.4 Å². The number of rotatable bonds is 6. The first-order valence-electron chi connectivity index (χ1n) is 6.01. The molecule has 0 aliphatic carbocycles. The van der Waals surface area contributed by atoms with Crippen molar-refractivity contribution in [1.82, 2.24) is 21.5 Å². The van der Waals surface area contributed by atoms with Crippen molar-refractivity contribution in [3.05, 3.63) is 0 Å². The molecule has 0 unspecified atom stereocenters. The second-order valence-corrected chi connectivity index (χ2v) is 4.75. The number of hydrogen-bond acceptors (Lipinski definition) is 4. The van der Waals surface area contributed by atoms with E-state index in [9.17, 15) is 0 Å². The molecule has 4 N–H and O–H groups in total. The van der Waals surface area contributed by atoms with Gasteiger partial charge in [0.15, 0.2) is 10.2 Å². The summed E-state index contributed by atoms with van der Waals surface area (Å²) in [5, 5.41) is 14.9. The van der Waals surface area contributed by atoms with E-state index in [1.54, 1.807) is 14.1 Å². The lowest BCUT2D eigenvalue weighted by Gasteiger charge is -2.05. The van der Waals surface area contributed by atoms with Crippen LogP contribution in [0.5, 0.6) is 0 Å². The molecule has 0 atom stereocenters. The first-order chi connectivity index (χ1) is 8.99. The van der Waals surface area contributed by atoms with E-state index in [1.807, 2.05) is 13.8 Å². The van der Waals surface area contributed by atoms with Gasteiger partial charge in [-0.25, -0.2) is 0 Å². The topological polar surface area (TPSA) is 72.8 Å². The van der Waals surface area contributed by atoms with Crippen molar-refractivity contribution in [2.24, 2.45) is 10.2 Å². The van der Waals surface area contributed by atoms with E-state index >= 15 is 0 Å². The number of thiocarbonyl (C=S) groups is 2. The monoisotopic (exact) mass is 302 g/mol. The molecule has 0 heterocycles. The minimum absolute atomic E-state index is 0.516. The number of nitrogens with one attached hydrogen (secondary N) is 4. The summed E-state index contributed by atoms with van der Waals surface area (Å²) in [4.78, 5) is 0. The maximum atomic E-state index is 4.92. The quantitative estimate of drug-likeness (QED) is 0.334. The SMILES string of the molecule is CNC(=S)N/N=C(/C)CCC/C(C)=N\NC(=S)NC. The molecule has 0 rings (SSSR count). The van der Waals surface area contributed by atoms with Crippen LogP contribution in [0.25, 0.3) is 0 Å². The molecule has 6 nitrogen and oxygen atoms in total. The lowest BCUT2D eigenvalue weighted by Crippen LogP contribution is -2.29. The van der Waals surface area contributed by atoms with E-state index in [0.29, 0.717) is 10.2 Å². The molecule has 0 bridgehead atoms. The van der Waals surface area contributed by atoms with Crippen molar-refractivity contribution in [2.45, 2.75) is 33.1 Å². The molecule has 108 valence electrons. The zero-order chi connectivity index (χ0) is 14.7. The predicted molar refractivity (Wildman–Crippen MR) is 89.7 cm³/mol. The fourth-order valence-corrected chi connectivity index (χ4v) is 1.21. The molecule has 0 saturated carbocycles. The first-order valence-corrected chi connectivity index (χ1v) is 6.83. The van der Waals surface area contributed by atoms with Gasteiger partial charge < -0.3 is 10.6 Å². The van der Waals surface area contributed by atoms with Gasteiger partial charge in [-0.15, -0.1) is 0 Å². The van der Waals surface area contributed by atoms with E-state index in [0.717, 1.165) is 30.7 Å². The molecule has 0 radical (unpaired) electrons. The van der Waals surface area contributed by atoms with E-state index in [4.69, 9.17) is 24.4 Å². The molecular formula is C11H22N6S2. The zero-order valence-electron chi connectivity index (χ0n) is 11.8. The van der Waals surface area contributed by atoms with Crippen molar-refractivity contribution in [2.75, 3.05) is 14.1 Å². The largest absolute Gasteiger partial charge is 0.364 e. The van der Waals surface area contributed by atoms with Gasteiger partial charge >= 0.3 is 0 Å². The summed E-state index contributed by atoms with van der Waals surface area (Å²) in [6.45, 7) is 3.93. The number of hydrogen-bond donors (Lipinski definition) is 4. The molecule has 0 aliphatic rings. The van der Waals surface area contributed by atoms with Gasteiger partial charge in [-0.2, -0.15) is 10.2 Å². The van der Waals surface area contributed by atoms with Gasteiger partial charge in [-0.3, -0.25) is 10.9 Å². The minimum atomic E-state index is 0.516. The van der Waals surface area contributed by atoms with Crippen LogP contribution in [0, 0.1) is 0 Å². The number of hydrazone groups is 2. The van der Waals surface area contributed by atoms with Crippen molar-refractivity contribution < 1.29 is 0 Å². The van der Waals surface area contributed by atoms with Gasteiger partial charge in [0, 0.05) is 25.5 Å². The Balaban J connectivity index is 3.89. The molecule has 0 aromatic rings. The molecule has 0 spiro atoms. The second-order valence-electron chi connectivity index (χ2n) is 3.93. The van der Waals surface area contributed by atoms with Crippen molar-refractivity contribution in [3.8, 4) is 0 Å². The Bertz CT molecular complexity index is 330. The van der Waals surface area contributed by atoms with Crippen LogP contribution in [-0.2, 0) is 0 Å². The molecule has 0 aliphatic heterocycles. The van der Waals surface area contributed by atoms with Crippen LogP contribution < -0.4 is 21.5 Å². The highest BCUT2D eigenvalue weighted by atomic mass is 32.1. The van der Waals surface area contributed by atoms with Crippen LogP contribution in [-0.4, -0.2) is 35.7 Å². The molecule has 0 aromatic heterocycles. The minimum Gasteiger partial charge on any atom is -0.364 e. The maximum absolute atomic E-state index is 4.92. The normalized spacial score (nSPS) is 11.8. The van der Waals surface area contributed by atoms with Crippen LogP contribution in [0.2, 0.25) is 0 Å². The first kappa shape index (κ1) is 17.7. The zero-order valence-corrected chi connectivity index (χ0v) is 13.5. The third-order valence-corrected chi connectivity index (χ3v) is 2.82. The smallest absolute Gasteiger partial charge is 0.186 e. The molecule has 19 heavy (non-hydrogen) atoms. The Hall–Kier alpha value is -1.28. The summed E-state index contributed by atoms with van der Waals surface area (Å²) in [6, 6.07) is 0. The molecular weight excluding hydrogens is 280 g/mol.